The van der Waals surface area contributed by atoms with Gasteiger partial charge in [0.05, 0.1) is 6.61 Å². The van der Waals surface area contributed by atoms with Gasteiger partial charge in [-0.15, -0.1) is 0 Å². The number of carbonyl (C=O) groups is 1. The Balaban J connectivity index is 1.93. The van der Waals surface area contributed by atoms with Crippen molar-refractivity contribution in [3.63, 3.8) is 0 Å². The molecule has 24 heavy (non-hydrogen) atoms. The minimum atomic E-state index is -0.0882. The summed E-state index contributed by atoms with van der Waals surface area (Å²) in [5.74, 6) is 2.16. The first-order chi connectivity index (χ1) is 11.6. The molecule has 0 aromatic heterocycles. The standard InChI is InChI=1S/C19H24N2O3/c1-4-23-16-9-11-18(12-10-16)24-17-7-5-15(6-8-17)21-19(22)14(2)13-20-3/h5-12,14,20H,4,13H2,1-3H3,(H,21,22). The highest BCUT2D eigenvalue weighted by atomic mass is 16.5. The van der Waals surface area contributed by atoms with Gasteiger partial charge in [-0.3, -0.25) is 4.79 Å². The molecule has 2 N–H and O–H groups in total. The van der Waals surface area contributed by atoms with Gasteiger partial charge >= 0.3 is 0 Å². The van der Waals surface area contributed by atoms with E-state index >= 15 is 0 Å². The second-order valence-electron chi connectivity index (χ2n) is 5.48. The van der Waals surface area contributed by atoms with Gasteiger partial charge in [0.1, 0.15) is 17.2 Å². The predicted molar refractivity (Wildman–Crippen MR) is 95.8 cm³/mol. The van der Waals surface area contributed by atoms with Gasteiger partial charge in [0.2, 0.25) is 5.91 Å². The van der Waals surface area contributed by atoms with Gasteiger partial charge in [-0.25, -0.2) is 0 Å². The highest BCUT2D eigenvalue weighted by Gasteiger charge is 2.11. The van der Waals surface area contributed by atoms with Crippen molar-refractivity contribution in [2.75, 3.05) is 25.5 Å². The van der Waals surface area contributed by atoms with Crippen LogP contribution in [0.4, 0.5) is 5.69 Å². The molecule has 128 valence electrons. The van der Waals surface area contributed by atoms with E-state index in [1.165, 1.54) is 0 Å². The number of benzene rings is 2. The molecule has 0 aliphatic carbocycles. The highest BCUT2D eigenvalue weighted by Crippen LogP contribution is 2.25. The van der Waals surface area contributed by atoms with Gasteiger partial charge in [-0.1, -0.05) is 6.92 Å². The summed E-state index contributed by atoms with van der Waals surface area (Å²) in [4.78, 5) is 12.0. The maximum absolute atomic E-state index is 12.0. The van der Waals surface area contributed by atoms with E-state index < -0.39 is 0 Å². The third kappa shape index (κ3) is 5.28. The molecule has 0 aliphatic heterocycles. The minimum absolute atomic E-state index is 0.00969. The van der Waals surface area contributed by atoms with Crippen LogP contribution in [0.15, 0.2) is 48.5 Å². The lowest BCUT2D eigenvalue weighted by Crippen LogP contribution is -2.28. The highest BCUT2D eigenvalue weighted by molar-refractivity contribution is 5.92. The third-order valence-corrected chi connectivity index (χ3v) is 3.45. The molecule has 5 heteroatoms. The fraction of sp³-hybridized carbons (Fsp3) is 0.316. The van der Waals surface area contributed by atoms with Crippen molar-refractivity contribution in [1.29, 1.82) is 0 Å². The van der Waals surface area contributed by atoms with Crippen molar-refractivity contribution in [3.8, 4) is 17.2 Å². The molecule has 0 radical (unpaired) electrons. The van der Waals surface area contributed by atoms with E-state index in [2.05, 4.69) is 10.6 Å². The molecule has 0 saturated heterocycles. The van der Waals surface area contributed by atoms with Crippen LogP contribution in [0.2, 0.25) is 0 Å². The molecular formula is C19H24N2O3. The number of ether oxygens (including phenoxy) is 2. The molecule has 1 unspecified atom stereocenters. The van der Waals surface area contributed by atoms with E-state index in [1.807, 2.05) is 69.4 Å². The second kappa shape index (κ2) is 8.93. The van der Waals surface area contributed by atoms with E-state index in [4.69, 9.17) is 9.47 Å². The first kappa shape index (κ1) is 17.8. The largest absolute Gasteiger partial charge is 0.494 e. The van der Waals surface area contributed by atoms with E-state index in [-0.39, 0.29) is 11.8 Å². The first-order valence-corrected chi connectivity index (χ1v) is 8.08. The van der Waals surface area contributed by atoms with Crippen LogP contribution in [0.5, 0.6) is 17.2 Å². The average Bonchev–Trinajstić information content (AvgIpc) is 2.59. The monoisotopic (exact) mass is 328 g/mol. The third-order valence-electron chi connectivity index (χ3n) is 3.45. The van der Waals surface area contributed by atoms with Crippen molar-refractivity contribution in [1.82, 2.24) is 5.32 Å². The molecule has 0 bridgehead atoms. The quantitative estimate of drug-likeness (QED) is 0.776. The van der Waals surface area contributed by atoms with Crippen LogP contribution >= 0.6 is 0 Å². The lowest BCUT2D eigenvalue weighted by atomic mass is 10.1. The van der Waals surface area contributed by atoms with Gasteiger partial charge in [0, 0.05) is 18.2 Å². The minimum Gasteiger partial charge on any atom is -0.494 e. The fourth-order valence-corrected chi connectivity index (χ4v) is 2.18. The topological polar surface area (TPSA) is 59.6 Å². The number of carbonyl (C=O) groups excluding carboxylic acids is 1. The maximum Gasteiger partial charge on any atom is 0.228 e. The summed E-state index contributed by atoms with van der Waals surface area (Å²) < 4.78 is 11.2. The van der Waals surface area contributed by atoms with Gasteiger partial charge in [-0.2, -0.15) is 0 Å². The molecular weight excluding hydrogens is 304 g/mol. The average molecular weight is 328 g/mol. The van der Waals surface area contributed by atoms with Crippen LogP contribution in [0.25, 0.3) is 0 Å². The number of rotatable bonds is 8. The van der Waals surface area contributed by atoms with E-state index in [0.29, 0.717) is 18.9 Å². The summed E-state index contributed by atoms with van der Waals surface area (Å²) in [6.07, 6.45) is 0. The van der Waals surface area contributed by atoms with Gasteiger partial charge in [0.15, 0.2) is 0 Å². The Labute approximate surface area is 143 Å². The van der Waals surface area contributed by atoms with Crippen molar-refractivity contribution in [2.45, 2.75) is 13.8 Å². The van der Waals surface area contributed by atoms with Crippen LogP contribution in [-0.2, 0) is 4.79 Å². The van der Waals surface area contributed by atoms with Crippen molar-refractivity contribution >= 4 is 11.6 Å². The molecule has 1 amide bonds. The smallest absolute Gasteiger partial charge is 0.228 e. The molecule has 2 aromatic carbocycles. The molecule has 0 heterocycles. The van der Waals surface area contributed by atoms with E-state index in [1.54, 1.807) is 0 Å². The van der Waals surface area contributed by atoms with Crippen molar-refractivity contribution in [3.05, 3.63) is 48.5 Å². The van der Waals surface area contributed by atoms with E-state index in [9.17, 15) is 4.79 Å². The summed E-state index contributed by atoms with van der Waals surface area (Å²) in [5, 5.41) is 5.88. The Bertz CT molecular complexity index is 639. The summed E-state index contributed by atoms with van der Waals surface area (Å²) in [7, 11) is 1.83. The molecule has 1 atom stereocenters. The van der Waals surface area contributed by atoms with Gasteiger partial charge in [0.25, 0.3) is 0 Å². The van der Waals surface area contributed by atoms with Gasteiger partial charge in [-0.05, 0) is 62.5 Å². The number of anilines is 1. The SMILES string of the molecule is CCOc1ccc(Oc2ccc(NC(=O)C(C)CNC)cc2)cc1. The summed E-state index contributed by atoms with van der Waals surface area (Å²) in [6.45, 7) is 5.12. The lowest BCUT2D eigenvalue weighted by molar-refractivity contribution is -0.119. The molecule has 0 fully saturated rings. The molecule has 0 saturated carbocycles. The predicted octanol–water partition coefficient (Wildman–Crippen LogP) is 3.67. The number of nitrogens with one attached hydrogen (secondary N) is 2. The molecule has 2 aromatic rings. The Hall–Kier alpha value is -2.53. The molecule has 0 aliphatic rings. The number of hydrogen-bond donors (Lipinski definition) is 2. The van der Waals surface area contributed by atoms with Gasteiger partial charge < -0.3 is 20.1 Å². The number of hydrogen-bond acceptors (Lipinski definition) is 4. The number of amides is 1. The summed E-state index contributed by atoms with van der Waals surface area (Å²) >= 11 is 0. The fourth-order valence-electron chi connectivity index (χ4n) is 2.18. The van der Waals surface area contributed by atoms with Crippen LogP contribution < -0.4 is 20.1 Å². The molecule has 2 rings (SSSR count). The summed E-state index contributed by atoms with van der Waals surface area (Å²) in [5.41, 5.74) is 0.752. The van der Waals surface area contributed by atoms with Crippen molar-refractivity contribution in [2.24, 2.45) is 5.92 Å². The Morgan fingerprint density at radius 3 is 2.08 bits per heavy atom. The zero-order valence-electron chi connectivity index (χ0n) is 14.3. The zero-order valence-corrected chi connectivity index (χ0v) is 14.3. The normalized spacial score (nSPS) is 11.6. The zero-order chi connectivity index (χ0) is 17.4. The summed E-state index contributed by atoms with van der Waals surface area (Å²) in [6, 6.07) is 14.8. The molecule has 5 nitrogen and oxygen atoms in total. The molecule has 0 spiro atoms. The Kier molecular flexibility index (Phi) is 6.63. The first-order valence-electron chi connectivity index (χ1n) is 8.08. The second-order valence-corrected chi connectivity index (χ2v) is 5.48. The van der Waals surface area contributed by atoms with Crippen LogP contribution in [-0.4, -0.2) is 26.1 Å². The van der Waals surface area contributed by atoms with Crippen LogP contribution in [0.3, 0.4) is 0 Å². The maximum atomic E-state index is 12.0. The van der Waals surface area contributed by atoms with E-state index in [0.717, 1.165) is 17.2 Å². The lowest BCUT2D eigenvalue weighted by Gasteiger charge is -2.12. The van der Waals surface area contributed by atoms with Crippen LogP contribution in [0, 0.1) is 5.92 Å². The van der Waals surface area contributed by atoms with Crippen molar-refractivity contribution < 1.29 is 14.3 Å². The Morgan fingerprint density at radius 2 is 1.54 bits per heavy atom. The van der Waals surface area contributed by atoms with Crippen LogP contribution in [0.1, 0.15) is 13.8 Å². The Morgan fingerprint density at radius 1 is 1.00 bits per heavy atom.